The van der Waals surface area contributed by atoms with Gasteiger partial charge in [-0.3, -0.25) is 0 Å². The Hall–Kier alpha value is -0.450. The first-order valence-corrected chi connectivity index (χ1v) is 7.46. The maximum atomic E-state index is 5.79. The van der Waals surface area contributed by atoms with E-state index in [9.17, 15) is 0 Å². The number of hydrogen-bond donors (Lipinski definition) is 1. The molecule has 1 aromatic rings. The molecule has 0 saturated carbocycles. The predicted molar refractivity (Wildman–Crippen MR) is 73.4 cm³/mol. The van der Waals surface area contributed by atoms with Gasteiger partial charge in [0, 0.05) is 30.8 Å². The monoisotopic (exact) mass is 253 g/mol. The molecule has 0 bridgehead atoms. The lowest BCUT2D eigenvalue weighted by atomic mass is 10.1. The average Bonchev–Trinajstić information content (AvgIpc) is 2.88. The second kappa shape index (κ2) is 5.94. The molecule has 2 heterocycles. The second-order valence-corrected chi connectivity index (χ2v) is 6.11. The van der Waals surface area contributed by atoms with Crippen molar-refractivity contribution in [2.24, 2.45) is 11.7 Å². The van der Waals surface area contributed by atoms with E-state index in [1.165, 1.54) is 36.8 Å². The van der Waals surface area contributed by atoms with E-state index in [0.29, 0.717) is 0 Å². The zero-order valence-corrected chi connectivity index (χ0v) is 11.7. The average molecular weight is 253 g/mol. The topological polar surface area (TPSA) is 42.2 Å². The summed E-state index contributed by atoms with van der Waals surface area (Å²) in [6.45, 7) is 7.98. The van der Waals surface area contributed by atoms with Gasteiger partial charge < -0.3 is 10.6 Å². The van der Waals surface area contributed by atoms with E-state index in [2.05, 4.69) is 22.2 Å². The molecule has 4 heteroatoms. The Morgan fingerprint density at radius 2 is 2.47 bits per heavy atom. The maximum Gasteiger partial charge on any atom is 0.0931 e. The van der Waals surface area contributed by atoms with Crippen molar-refractivity contribution >= 4 is 11.3 Å². The van der Waals surface area contributed by atoms with Gasteiger partial charge in [0.1, 0.15) is 0 Å². The van der Waals surface area contributed by atoms with Gasteiger partial charge in [0.15, 0.2) is 0 Å². The first-order chi connectivity index (χ1) is 8.17. The standard InChI is InChI=1S/C13H23N3S/c1-3-16-5-4-11(8-16)7-13-15-12(9-17-13)6-10(2)14/h9-11H,3-8,14H2,1-2H3. The molecule has 17 heavy (non-hydrogen) atoms. The van der Waals surface area contributed by atoms with Crippen LogP contribution in [0.15, 0.2) is 5.38 Å². The van der Waals surface area contributed by atoms with E-state index in [1.807, 2.05) is 6.92 Å². The van der Waals surface area contributed by atoms with Gasteiger partial charge >= 0.3 is 0 Å². The number of thiazole rings is 1. The molecule has 3 nitrogen and oxygen atoms in total. The van der Waals surface area contributed by atoms with Gasteiger partial charge in [0.25, 0.3) is 0 Å². The zero-order valence-electron chi connectivity index (χ0n) is 10.9. The lowest BCUT2D eigenvalue weighted by molar-refractivity contribution is 0.342. The summed E-state index contributed by atoms with van der Waals surface area (Å²) in [5, 5.41) is 3.47. The quantitative estimate of drug-likeness (QED) is 0.871. The van der Waals surface area contributed by atoms with Crippen molar-refractivity contribution in [3.8, 4) is 0 Å². The van der Waals surface area contributed by atoms with Crippen LogP contribution in [0.5, 0.6) is 0 Å². The van der Waals surface area contributed by atoms with Crippen LogP contribution in [0.1, 0.15) is 31.0 Å². The summed E-state index contributed by atoms with van der Waals surface area (Å²) < 4.78 is 0. The van der Waals surface area contributed by atoms with Crippen LogP contribution in [-0.2, 0) is 12.8 Å². The van der Waals surface area contributed by atoms with Gasteiger partial charge in [-0.05, 0) is 32.4 Å². The first-order valence-electron chi connectivity index (χ1n) is 6.58. The Balaban J connectivity index is 1.85. The molecular formula is C13H23N3S. The van der Waals surface area contributed by atoms with Crippen LogP contribution in [0.3, 0.4) is 0 Å². The minimum absolute atomic E-state index is 0.215. The highest BCUT2D eigenvalue weighted by atomic mass is 32.1. The number of likely N-dealkylation sites (tertiary alicyclic amines) is 1. The van der Waals surface area contributed by atoms with Crippen LogP contribution in [0, 0.1) is 5.92 Å². The van der Waals surface area contributed by atoms with Crippen molar-refractivity contribution in [1.29, 1.82) is 0 Å². The van der Waals surface area contributed by atoms with Crippen molar-refractivity contribution in [1.82, 2.24) is 9.88 Å². The Kier molecular flexibility index (Phi) is 4.54. The highest BCUT2D eigenvalue weighted by molar-refractivity contribution is 7.09. The van der Waals surface area contributed by atoms with Gasteiger partial charge in [-0.15, -0.1) is 11.3 Å². The summed E-state index contributed by atoms with van der Waals surface area (Å²) in [4.78, 5) is 7.21. The summed E-state index contributed by atoms with van der Waals surface area (Å²) in [5.41, 5.74) is 6.96. The lowest BCUT2D eigenvalue weighted by Gasteiger charge is -2.11. The Bertz CT molecular complexity index is 348. The molecule has 0 aliphatic carbocycles. The van der Waals surface area contributed by atoms with Crippen LogP contribution < -0.4 is 5.73 Å². The first kappa shape index (κ1) is 13.0. The number of aromatic nitrogens is 1. The molecule has 2 N–H and O–H groups in total. The minimum atomic E-state index is 0.215. The van der Waals surface area contributed by atoms with E-state index in [1.54, 1.807) is 11.3 Å². The fourth-order valence-corrected chi connectivity index (χ4v) is 3.40. The lowest BCUT2D eigenvalue weighted by Crippen LogP contribution is -2.20. The third-order valence-corrected chi connectivity index (χ3v) is 4.33. The molecule has 96 valence electrons. The fraction of sp³-hybridized carbons (Fsp3) is 0.769. The molecule has 1 fully saturated rings. The molecule has 1 saturated heterocycles. The molecule has 2 rings (SSSR count). The van der Waals surface area contributed by atoms with Crippen molar-refractivity contribution < 1.29 is 0 Å². The van der Waals surface area contributed by atoms with Gasteiger partial charge in [-0.2, -0.15) is 0 Å². The minimum Gasteiger partial charge on any atom is -0.328 e. The molecule has 1 aliphatic heterocycles. The molecule has 0 spiro atoms. The van der Waals surface area contributed by atoms with Gasteiger partial charge in [0.2, 0.25) is 0 Å². The van der Waals surface area contributed by atoms with E-state index >= 15 is 0 Å². The summed E-state index contributed by atoms with van der Waals surface area (Å²) in [6.07, 6.45) is 3.39. The molecule has 0 aromatic carbocycles. The molecule has 0 amide bonds. The van der Waals surface area contributed by atoms with Gasteiger partial charge in [-0.25, -0.2) is 4.98 Å². The second-order valence-electron chi connectivity index (χ2n) is 5.17. The summed E-state index contributed by atoms with van der Waals surface area (Å²) in [7, 11) is 0. The van der Waals surface area contributed by atoms with Crippen LogP contribution >= 0.6 is 11.3 Å². The highest BCUT2D eigenvalue weighted by Gasteiger charge is 2.22. The Morgan fingerprint density at radius 3 is 3.12 bits per heavy atom. The van der Waals surface area contributed by atoms with E-state index in [0.717, 1.165) is 18.8 Å². The maximum absolute atomic E-state index is 5.79. The fourth-order valence-electron chi connectivity index (χ4n) is 2.48. The summed E-state index contributed by atoms with van der Waals surface area (Å²) in [5.74, 6) is 0.809. The largest absolute Gasteiger partial charge is 0.328 e. The van der Waals surface area contributed by atoms with Crippen LogP contribution in [0.25, 0.3) is 0 Å². The van der Waals surface area contributed by atoms with E-state index in [-0.39, 0.29) is 6.04 Å². The highest BCUT2D eigenvalue weighted by Crippen LogP contribution is 2.22. The van der Waals surface area contributed by atoms with E-state index in [4.69, 9.17) is 5.73 Å². The number of nitrogens with zero attached hydrogens (tertiary/aromatic N) is 2. The summed E-state index contributed by atoms with van der Waals surface area (Å²) >= 11 is 1.80. The van der Waals surface area contributed by atoms with Crippen molar-refractivity contribution in [2.45, 2.75) is 39.2 Å². The predicted octanol–water partition coefficient (Wildman–Crippen LogP) is 1.92. The third-order valence-electron chi connectivity index (χ3n) is 3.41. The van der Waals surface area contributed by atoms with Crippen LogP contribution in [0.4, 0.5) is 0 Å². The SMILES string of the molecule is CCN1CCC(Cc2nc(CC(C)N)cs2)C1. The van der Waals surface area contributed by atoms with Gasteiger partial charge in [0.05, 0.1) is 10.7 Å². The summed E-state index contributed by atoms with van der Waals surface area (Å²) in [6, 6.07) is 0.215. The number of hydrogen-bond acceptors (Lipinski definition) is 4. The van der Waals surface area contributed by atoms with Gasteiger partial charge in [-0.1, -0.05) is 6.92 Å². The van der Waals surface area contributed by atoms with Crippen molar-refractivity contribution in [3.05, 3.63) is 16.1 Å². The number of rotatable bonds is 5. The molecule has 1 aliphatic rings. The zero-order chi connectivity index (χ0) is 12.3. The Labute approximate surface area is 108 Å². The molecule has 0 radical (unpaired) electrons. The van der Waals surface area contributed by atoms with E-state index < -0.39 is 0 Å². The van der Waals surface area contributed by atoms with Crippen molar-refractivity contribution in [2.75, 3.05) is 19.6 Å². The smallest absolute Gasteiger partial charge is 0.0931 e. The normalized spacial score (nSPS) is 23.1. The van der Waals surface area contributed by atoms with Crippen LogP contribution in [-0.4, -0.2) is 35.6 Å². The van der Waals surface area contributed by atoms with Crippen LogP contribution in [0.2, 0.25) is 0 Å². The number of nitrogens with two attached hydrogens (primary N) is 1. The third kappa shape index (κ3) is 3.76. The molecular weight excluding hydrogens is 230 g/mol. The Morgan fingerprint density at radius 1 is 1.65 bits per heavy atom. The molecule has 1 aromatic heterocycles. The molecule has 2 atom stereocenters. The molecule has 2 unspecified atom stereocenters. The van der Waals surface area contributed by atoms with Crippen molar-refractivity contribution in [3.63, 3.8) is 0 Å².